The van der Waals surface area contributed by atoms with Gasteiger partial charge in [0.2, 0.25) is 5.88 Å². The maximum absolute atomic E-state index is 6.92. The number of ether oxygens (including phenoxy) is 2. The normalized spacial score (nSPS) is 10.9. The molecule has 0 saturated carbocycles. The summed E-state index contributed by atoms with van der Waals surface area (Å²) >= 11 is 13.8. The second-order valence-corrected chi connectivity index (χ2v) is 8.24. The fourth-order valence-electron chi connectivity index (χ4n) is 3.81. The average molecular weight is 495 g/mol. The molecule has 4 aromatic rings. The molecule has 0 radical (unpaired) electrons. The molecule has 0 aliphatic heterocycles. The number of nitrogens with zero attached hydrogens (tertiary/aromatic N) is 2. The first-order valence-electron chi connectivity index (χ1n) is 10.6. The van der Waals surface area contributed by atoms with Crippen LogP contribution < -0.4 is 20.9 Å². The standard InChI is InChI=1S/C26H24Cl2N4O2/c1-33-23-11-15(9-10-16(23)12-29)17-5-3-6-18(24(17)27)19-7-4-8-20(25(19)28)22-14-31-21(13-30)26(32-22)34-2/h3-11,14H,12-13,29-30H2,1-2H3. The molecule has 0 unspecified atom stereocenters. The summed E-state index contributed by atoms with van der Waals surface area (Å²) in [7, 11) is 3.16. The van der Waals surface area contributed by atoms with Crippen molar-refractivity contribution in [1.82, 2.24) is 9.97 Å². The number of nitrogens with two attached hydrogens (primary N) is 2. The van der Waals surface area contributed by atoms with E-state index >= 15 is 0 Å². The minimum Gasteiger partial charge on any atom is -0.496 e. The van der Waals surface area contributed by atoms with Gasteiger partial charge in [0.15, 0.2) is 0 Å². The smallest absolute Gasteiger partial charge is 0.237 e. The Balaban J connectivity index is 1.82. The van der Waals surface area contributed by atoms with Crippen molar-refractivity contribution in [2.24, 2.45) is 11.5 Å². The first-order valence-corrected chi connectivity index (χ1v) is 11.3. The summed E-state index contributed by atoms with van der Waals surface area (Å²) in [5, 5.41) is 1.08. The molecule has 0 aliphatic carbocycles. The molecule has 6 nitrogen and oxygen atoms in total. The Morgan fingerprint density at radius 1 is 0.794 bits per heavy atom. The summed E-state index contributed by atoms with van der Waals surface area (Å²) in [5.41, 5.74) is 17.7. The number of halogens is 2. The van der Waals surface area contributed by atoms with Gasteiger partial charge in [-0.25, -0.2) is 4.98 Å². The molecule has 1 aromatic heterocycles. The lowest BCUT2D eigenvalue weighted by atomic mass is 9.96. The second kappa shape index (κ2) is 10.4. The van der Waals surface area contributed by atoms with Crippen molar-refractivity contribution in [3.05, 3.63) is 82.1 Å². The quantitative estimate of drug-likeness (QED) is 0.341. The molecule has 0 bridgehead atoms. The Hall–Kier alpha value is -3.16. The van der Waals surface area contributed by atoms with Crippen molar-refractivity contribution in [3.63, 3.8) is 0 Å². The fourth-order valence-corrected chi connectivity index (χ4v) is 4.47. The zero-order chi connectivity index (χ0) is 24.2. The third-order valence-corrected chi connectivity index (χ3v) is 6.39. The van der Waals surface area contributed by atoms with Crippen LogP contribution in [0.15, 0.2) is 60.8 Å². The van der Waals surface area contributed by atoms with Crippen LogP contribution in [0.5, 0.6) is 11.6 Å². The van der Waals surface area contributed by atoms with Gasteiger partial charge in [0.1, 0.15) is 11.4 Å². The molecule has 4 rings (SSSR count). The van der Waals surface area contributed by atoms with Crippen molar-refractivity contribution >= 4 is 23.2 Å². The van der Waals surface area contributed by atoms with Crippen molar-refractivity contribution in [2.75, 3.05) is 14.2 Å². The van der Waals surface area contributed by atoms with E-state index in [0.717, 1.165) is 33.6 Å². The van der Waals surface area contributed by atoms with Gasteiger partial charge in [-0.05, 0) is 11.6 Å². The number of hydrogen-bond donors (Lipinski definition) is 2. The lowest BCUT2D eigenvalue weighted by molar-refractivity contribution is 0.390. The third kappa shape index (κ3) is 4.45. The molecule has 34 heavy (non-hydrogen) atoms. The summed E-state index contributed by atoms with van der Waals surface area (Å²) in [6.07, 6.45) is 1.64. The van der Waals surface area contributed by atoms with E-state index in [1.54, 1.807) is 13.3 Å². The molecule has 0 atom stereocenters. The van der Waals surface area contributed by atoms with Crippen LogP contribution in [0.25, 0.3) is 33.5 Å². The maximum atomic E-state index is 6.92. The Morgan fingerprint density at radius 2 is 1.44 bits per heavy atom. The Bertz CT molecular complexity index is 1240. The first kappa shape index (κ1) is 24.0. The highest BCUT2D eigenvalue weighted by Crippen LogP contribution is 2.42. The van der Waals surface area contributed by atoms with Gasteiger partial charge in [0.25, 0.3) is 0 Å². The fraction of sp³-hybridized carbons (Fsp3) is 0.154. The SMILES string of the molecule is COc1cc(-c2cccc(-c3cccc(-c4cnc(CN)c(OC)n4)c3Cl)c2Cl)ccc1CN. The van der Waals surface area contributed by atoms with E-state index < -0.39 is 0 Å². The number of aromatic nitrogens is 2. The summed E-state index contributed by atoms with van der Waals surface area (Å²) in [6, 6.07) is 17.4. The van der Waals surface area contributed by atoms with Crippen molar-refractivity contribution in [3.8, 4) is 45.1 Å². The number of rotatable bonds is 7. The predicted molar refractivity (Wildman–Crippen MR) is 137 cm³/mol. The van der Waals surface area contributed by atoms with Crippen LogP contribution >= 0.6 is 23.2 Å². The number of hydrogen-bond acceptors (Lipinski definition) is 6. The molecule has 0 saturated heterocycles. The second-order valence-electron chi connectivity index (χ2n) is 7.48. The van der Waals surface area contributed by atoms with Crippen molar-refractivity contribution < 1.29 is 9.47 Å². The van der Waals surface area contributed by atoms with Crippen LogP contribution in [0.1, 0.15) is 11.3 Å². The highest BCUT2D eigenvalue weighted by atomic mass is 35.5. The van der Waals surface area contributed by atoms with Gasteiger partial charge in [-0.15, -0.1) is 0 Å². The lowest BCUT2D eigenvalue weighted by Gasteiger charge is -2.15. The Labute approximate surface area is 208 Å². The largest absolute Gasteiger partial charge is 0.496 e. The van der Waals surface area contributed by atoms with Crippen LogP contribution in [0.3, 0.4) is 0 Å². The van der Waals surface area contributed by atoms with Gasteiger partial charge >= 0.3 is 0 Å². The summed E-state index contributed by atoms with van der Waals surface area (Å²) in [5.74, 6) is 1.09. The van der Waals surface area contributed by atoms with Crippen LogP contribution in [-0.4, -0.2) is 24.2 Å². The van der Waals surface area contributed by atoms with Gasteiger partial charge in [-0.1, -0.05) is 71.7 Å². The Kier molecular flexibility index (Phi) is 7.34. The van der Waals surface area contributed by atoms with E-state index in [-0.39, 0.29) is 6.54 Å². The molecule has 0 amide bonds. The molecule has 8 heteroatoms. The minimum atomic E-state index is 0.226. The minimum absolute atomic E-state index is 0.226. The van der Waals surface area contributed by atoms with E-state index in [2.05, 4.69) is 9.97 Å². The van der Waals surface area contributed by atoms with Gasteiger partial charge < -0.3 is 20.9 Å². The van der Waals surface area contributed by atoms with E-state index in [9.17, 15) is 0 Å². The first-order chi connectivity index (χ1) is 16.5. The van der Waals surface area contributed by atoms with E-state index in [4.69, 9.17) is 44.1 Å². The Morgan fingerprint density at radius 3 is 2.06 bits per heavy atom. The predicted octanol–water partition coefficient (Wildman–Crippen LogP) is 5.72. The highest BCUT2D eigenvalue weighted by molar-refractivity contribution is 6.39. The third-order valence-electron chi connectivity index (χ3n) is 5.58. The molecule has 0 aliphatic rings. The van der Waals surface area contributed by atoms with Crippen LogP contribution in [0.2, 0.25) is 10.0 Å². The van der Waals surface area contributed by atoms with Crippen LogP contribution in [0, 0.1) is 0 Å². The zero-order valence-corrected chi connectivity index (χ0v) is 20.3. The number of benzene rings is 3. The maximum Gasteiger partial charge on any atom is 0.237 e. The van der Waals surface area contributed by atoms with Gasteiger partial charge in [-0.3, -0.25) is 4.98 Å². The van der Waals surface area contributed by atoms with Gasteiger partial charge in [-0.2, -0.15) is 0 Å². The number of methoxy groups -OCH3 is 2. The molecule has 0 spiro atoms. The summed E-state index contributed by atoms with van der Waals surface area (Å²) in [4.78, 5) is 8.92. The highest BCUT2D eigenvalue weighted by Gasteiger charge is 2.17. The molecule has 0 fully saturated rings. The molecule has 3 aromatic carbocycles. The van der Waals surface area contributed by atoms with Gasteiger partial charge in [0.05, 0.1) is 36.2 Å². The average Bonchev–Trinajstić information content (AvgIpc) is 2.88. The summed E-state index contributed by atoms with van der Waals surface area (Å²) < 4.78 is 10.8. The van der Waals surface area contributed by atoms with Crippen molar-refractivity contribution in [1.29, 1.82) is 0 Å². The molecule has 174 valence electrons. The topological polar surface area (TPSA) is 96.3 Å². The monoisotopic (exact) mass is 494 g/mol. The zero-order valence-electron chi connectivity index (χ0n) is 18.8. The van der Waals surface area contributed by atoms with Crippen LogP contribution in [-0.2, 0) is 13.1 Å². The van der Waals surface area contributed by atoms with Gasteiger partial charge in [0, 0.05) is 40.9 Å². The lowest BCUT2D eigenvalue weighted by Crippen LogP contribution is -2.05. The molecule has 4 N–H and O–H groups in total. The molecular formula is C26H24Cl2N4O2. The van der Waals surface area contributed by atoms with Crippen LogP contribution in [0.4, 0.5) is 0 Å². The van der Waals surface area contributed by atoms with E-state index in [0.29, 0.717) is 39.4 Å². The van der Waals surface area contributed by atoms with E-state index in [1.165, 1.54) is 7.11 Å². The molecule has 1 heterocycles. The van der Waals surface area contributed by atoms with Crippen molar-refractivity contribution in [2.45, 2.75) is 13.1 Å². The van der Waals surface area contributed by atoms with E-state index in [1.807, 2.05) is 54.6 Å². The summed E-state index contributed by atoms with van der Waals surface area (Å²) in [6.45, 7) is 0.614. The molecular weight excluding hydrogens is 471 g/mol.